The highest BCUT2D eigenvalue weighted by Gasteiger charge is 2.19. The van der Waals surface area contributed by atoms with Gasteiger partial charge in [0, 0.05) is 44.0 Å². The summed E-state index contributed by atoms with van der Waals surface area (Å²) in [5.74, 6) is 1.25. The van der Waals surface area contributed by atoms with Gasteiger partial charge in [0.15, 0.2) is 11.2 Å². The van der Waals surface area contributed by atoms with Gasteiger partial charge in [-0.1, -0.05) is 158 Å². The van der Waals surface area contributed by atoms with Crippen molar-refractivity contribution in [2.24, 2.45) is 0 Å². The lowest BCUT2D eigenvalue weighted by Gasteiger charge is -2.12. The molecule has 0 unspecified atom stereocenters. The molecule has 0 saturated carbocycles. The fraction of sp³-hybridized carbons (Fsp3) is 0. The van der Waals surface area contributed by atoms with Gasteiger partial charge in [-0.25, -0.2) is 9.97 Å². The van der Waals surface area contributed by atoms with Crippen LogP contribution in [-0.4, -0.2) is 19.1 Å². The average molecular weight is 1020 g/mol. The molecule has 16 rings (SSSR count). The van der Waals surface area contributed by atoms with Crippen molar-refractivity contribution in [1.29, 1.82) is 0 Å². The fourth-order valence-electron chi connectivity index (χ4n) is 11.8. The summed E-state index contributed by atoms with van der Waals surface area (Å²) in [6.45, 7) is 0. The number of rotatable bonds is 9. The molecule has 4 aromatic heterocycles. The topological polar surface area (TPSA) is 61.9 Å². The molecule has 0 N–H and O–H groups in total. The molecule has 12 aromatic carbocycles. The third-order valence-electron chi connectivity index (χ3n) is 15.8. The van der Waals surface area contributed by atoms with Gasteiger partial charge in [0.1, 0.15) is 11.0 Å². The lowest BCUT2D eigenvalue weighted by atomic mass is 9.99. The monoisotopic (exact) mass is 1020 g/mol. The van der Waals surface area contributed by atoms with Gasteiger partial charge in [-0.2, -0.15) is 0 Å². The van der Waals surface area contributed by atoms with E-state index >= 15 is 0 Å². The summed E-state index contributed by atoms with van der Waals surface area (Å²) >= 11 is 0. The predicted molar refractivity (Wildman–Crippen MR) is 328 cm³/mol. The van der Waals surface area contributed by atoms with Crippen LogP contribution in [0.25, 0.3) is 156 Å². The molecule has 6 heteroatoms. The van der Waals surface area contributed by atoms with Crippen molar-refractivity contribution in [3.8, 4) is 89.9 Å². The summed E-state index contributed by atoms with van der Waals surface area (Å²) in [5.41, 5.74) is 23.6. The Labute approximate surface area is 460 Å². The van der Waals surface area contributed by atoms with E-state index in [4.69, 9.17) is 18.8 Å². The number of oxazole rings is 2. The summed E-state index contributed by atoms with van der Waals surface area (Å²) in [4.78, 5) is 9.47. The van der Waals surface area contributed by atoms with Gasteiger partial charge in [-0.05, 0) is 177 Å². The van der Waals surface area contributed by atoms with Crippen molar-refractivity contribution in [2.45, 2.75) is 0 Å². The van der Waals surface area contributed by atoms with Crippen LogP contribution in [0.4, 0.5) is 0 Å². The van der Waals surface area contributed by atoms with Crippen LogP contribution in [0.5, 0.6) is 0 Å². The minimum absolute atomic E-state index is 0.623. The number of hydrogen-bond acceptors (Lipinski definition) is 4. The molecule has 0 amide bonds. The van der Waals surface area contributed by atoms with Crippen molar-refractivity contribution >= 4 is 65.8 Å². The van der Waals surface area contributed by atoms with E-state index in [9.17, 15) is 0 Å². The maximum Gasteiger partial charge on any atom is 0.227 e. The van der Waals surface area contributed by atoms with E-state index in [2.05, 4.69) is 240 Å². The highest BCUT2D eigenvalue weighted by Crippen LogP contribution is 2.41. The van der Waals surface area contributed by atoms with Crippen LogP contribution in [0.3, 0.4) is 0 Å². The minimum Gasteiger partial charge on any atom is -0.436 e. The molecular weight excluding hydrogens is 977 g/mol. The molecular formula is C74H46N4O2. The zero-order valence-corrected chi connectivity index (χ0v) is 43.2. The highest BCUT2D eigenvalue weighted by molar-refractivity contribution is 6.13. The van der Waals surface area contributed by atoms with Crippen LogP contribution in [0.1, 0.15) is 0 Å². The number of nitrogens with zero attached hydrogens (tertiary/aromatic N) is 4. The van der Waals surface area contributed by atoms with Gasteiger partial charge in [0.05, 0.1) is 22.1 Å². The molecule has 4 heterocycles. The summed E-state index contributed by atoms with van der Waals surface area (Å²) < 4.78 is 17.0. The van der Waals surface area contributed by atoms with Crippen LogP contribution < -0.4 is 0 Å². The average Bonchev–Trinajstić information content (AvgIpc) is 4.52. The van der Waals surface area contributed by atoms with E-state index in [0.717, 1.165) is 100 Å². The molecule has 374 valence electrons. The van der Waals surface area contributed by atoms with Crippen molar-refractivity contribution < 1.29 is 8.83 Å². The molecule has 0 aliphatic rings. The van der Waals surface area contributed by atoms with E-state index in [-0.39, 0.29) is 0 Å². The normalized spacial score (nSPS) is 11.8. The van der Waals surface area contributed by atoms with Crippen LogP contribution in [0.15, 0.2) is 288 Å². The van der Waals surface area contributed by atoms with Crippen LogP contribution >= 0.6 is 0 Å². The molecule has 0 aliphatic heterocycles. The maximum absolute atomic E-state index is 6.10. The summed E-state index contributed by atoms with van der Waals surface area (Å²) in [5, 5.41) is 4.80. The first-order valence-electron chi connectivity index (χ1n) is 27.0. The quantitative estimate of drug-likeness (QED) is 0.145. The number of fused-ring (bicyclic) bond motifs is 8. The first-order chi connectivity index (χ1) is 39.6. The zero-order valence-electron chi connectivity index (χ0n) is 43.2. The number of hydrogen-bond donors (Lipinski definition) is 0. The van der Waals surface area contributed by atoms with Crippen molar-refractivity contribution in [3.05, 3.63) is 279 Å². The minimum atomic E-state index is 0.623. The smallest absolute Gasteiger partial charge is 0.227 e. The van der Waals surface area contributed by atoms with Gasteiger partial charge in [-0.3, -0.25) is 0 Å². The Hall–Kier alpha value is -10.8. The Morgan fingerprint density at radius 3 is 0.825 bits per heavy atom. The summed E-state index contributed by atoms with van der Waals surface area (Å²) in [7, 11) is 0. The lowest BCUT2D eigenvalue weighted by Crippen LogP contribution is -1.95. The molecule has 0 bridgehead atoms. The Kier molecular flexibility index (Phi) is 10.5. The van der Waals surface area contributed by atoms with Crippen molar-refractivity contribution in [1.82, 2.24) is 19.1 Å². The van der Waals surface area contributed by atoms with E-state index in [1.54, 1.807) is 0 Å². The SMILES string of the molecule is c1ccc(-c2ccc3c(c2)c2cc(-c4ccc(-c5nc6ccccc6o5)cc4)ccc2n3-c2ccc(-c3ccc(-n4c5ccc(-c6ccccc6)cc5c5cc(-c6ccc(-c7nc8ccccc8o7)cc6)ccc54)cc3)cc2)cc1. The first kappa shape index (κ1) is 45.4. The third-order valence-corrected chi connectivity index (χ3v) is 15.8. The molecule has 80 heavy (non-hydrogen) atoms. The Bertz CT molecular complexity index is 4620. The molecule has 0 aliphatic carbocycles. The Morgan fingerprint density at radius 2 is 0.487 bits per heavy atom. The van der Waals surface area contributed by atoms with E-state index in [0.29, 0.717) is 11.8 Å². The zero-order chi connectivity index (χ0) is 52.7. The number of aromatic nitrogens is 4. The number of para-hydroxylation sites is 4. The molecule has 0 saturated heterocycles. The first-order valence-corrected chi connectivity index (χ1v) is 27.0. The van der Waals surface area contributed by atoms with E-state index < -0.39 is 0 Å². The molecule has 16 aromatic rings. The predicted octanol–water partition coefficient (Wildman–Crippen LogP) is 19.8. The molecule has 0 radical (unpaired) electrons. The second-order valence-corrected chi connectivity index (χ2v) is 20.6. The molecule has 0 fully saturated rings. The van der Waals surface area contributed by atoms with Gasteiger partial charge in [-0.15, -0.1) is 0 Å². The molecule has 0 spiro atoms. The number of benzene rings is 12. The van der Waals surface area contributed by atoms with Gasteiger partial charge in [0.2, 0.25) is 11.8 Å². The van der Waals surface area contributed by atoms with Gasteiger partial charge >= 0.3 is 0 Å². The second-order valence-electron chi connectivity index (χ2n) is 20.6. The summed E-state index contributed by atoms with van der Waals surface area (Å²) in [6.07, 6.45) is 0. The lowest BCUT2D eigenvalue weighted by molar-refractivity contribution is 0.619. The Balaban J connectivity index is 0.736. The standard InChI is InChI=1S/C74H46N4O2/c1-3-11-47(12-4-1)55-31-39-67-61(43-55)63-45-57(51-19-23-53(24-20-51)73-75-65-15-7-9-17-71(65)79-73)33-41-69(63)77(67)59-35-27-49(28-36-59)50-29-37-60(38-30-50)78-68-40-32-56(48-13-5-2-6-14-48)44-62(68)64-46-58(34-42-70(64)78)52-21-25-54(26-22-52)74-76-66-16-8-10-18-72(66)80-74/h1-46H. The summed E-state index contributed by atoms with van der Waals surface area (Å²) in [6, 6.07) is 99.5. The highest BCUT2D eigenvalue weighted by atomic mass is 16.4. The third kappa shape index (κ3) is 7.72. The van der Waals surface area contributed by atoms with Crippen molar-refractivity contribution in [2.75, 3.05) is 0 Å². The van der Waals surface area contributed by atoms with E-state index in [1.807, 2.05) is 48.5 Å². The van der Waals surface area contributed by atoms with Gasteiger partial charge in [0.25, 0.3) is 0 Å². The van der Waals surface area contributed by atoms with Gasteiger partial charge < -0.3 is 18.0 Å². The van der Waals surface area contributed by atoms with Crippen LogP contribution in [0.2, 0.25) is 0 Å². The van der Waals surface area contributed by atoms with Crippen LogP contribution in [0, 0.1) is 0 Å². The molecule has 6 nitrogen and oxygen atoms in total. The molecule has 0 atom stereocenters. The van der Waals surface area contributed by atoms with Crippen LogP contribution in [-0.2, 0) is 0 Å². The largest absolute Gasteiger partial charge is 0.436 e. The maximum atomic E-state index is 6.10. The van der Waals surface area contributed by atoms with Crippen molar-refractivity contribution in [3.63, 3.8) is 0 Å². The second kappa shape index (κ2) is 18.4. The van der Waals surface area contributed by atoms with E-state index in [1.165, 1.54) is 43.8 Å². The Morgan fingerprint density at radius 1 is 0.225 bits per heavy atom. The fourth-order valence-corrected chi connectivity index (χ4v) is 11.8.